The predicted molar refractivity (Wildman–Crippen MR) is 142 cm³/mol. The van der Waals surface area contributed by atoms with Gasteiger partial charge in [0.25, 0.3) is 0 Å². The molecule has 13 heteroatoms. The summed E-state index contributed by atoms with van der Waals surface area (Å²) in [5, 5.41) is 4.29. The van der Waals surface area contributed by atoms with Crippen molar-refractivity contribution in [2.75, 3.05) is 42.6 Å². The fourth-order valence-electron chi connectivity index (χ4n) is 5.59. The summed E-state index contributed by atoms with van der Waals surface area (Å²) in [5.41, 5.74) is 1.88. The van der Waals surface area contributed by atoms with E-state index in [4.69, 9.17) is 4.74 Å². The van der Waals surface area contributed by atoms with Crippen LogP contribution >= 0.6 is 0 Å². The maximum atomic E-state index is 14.0. The van der Waals surface area contributed by atoms with Crippen molar-refractivity contribution in [3.8, 4) is 6.01 Å². The molecule has 1 fully saturated rings. The van der Waals surface area contributed by atoms with E-state index in [2.05, 4.69) is 25.0 Å². The Balaban J connectivity index is 1.38. The largest absolute Gasteiger partial charge is 0.464 e. The van der Waals surface area contributed by atoms with Crippen LogP contribution in [-0.4, -0.2) is 74.4 Å². The lowest BCUT2D eigenvalue weighted by Gasteiger charge is -2.43. The number of hydrogen-bond acceptors (Lipinski definition) is 8. The first-order valence-electron chi connectivity index (χ1n) is 13.4. The lowest BCUT2D eigenvalue weighted by atomic mass is 9.91. The number of benzene rings is 1. The number of rotatable bonds is 6. The van der Waals surface area contributed by atoms with Gasteiger partial charge in [0.05, 0.1) is 30.3 Å². The van der Waals surface area contributed by atoms with Gasteiger partial charge in [0, 0.05) is 44.5 Å². The van der Waals surface area contributed by atoms with E-state index in [1.165, 1.54) is 6.07 Å². The van der Waals surface area contributed by atoms with Gasteiger partial charge in [0.1, 0.15) is 18.2 Å². The number of amides is 1. The Kier molecular flexibility index (Phi) is 7.56. The smallest absolute Gasteiger partial charge is 0.416 e. The monoisotopic (exact) mass is 558 g/mol. The molecule has 2 aromatic heterocycles. The number of ether oxygens (including phenoxy) is 1. The molecule has 0 bridgehead atoms. The maximum Gasteiger partial charge on any atom is 0.416 e. The van der Waals surface area contributed by atoms with Gasteiger partial charge in [-0.05, 0) is 57.4 Å². The highest BCUT2D eigenvalue weighted by atomic mass is 19.4. The number of carbonyl (C=O) groups is 1. The van der Waals surface area contributed by atoms with E-state index in [0.29, 0.717) is 62.1 Å². The number of alkyl halides is 3. The molecule has 3 aromatic rings. The number of carbonyl (C=O) groups excluding carboxylic acids is 1. The van der Waals surface area contributed by atoms with Crippen LogP contribution in [0.2, 0.25) is 0 Å². The average molecular weight is 559 g/mol. The SMILES string of the molecule is CCOc1ncc(N2CCc3c(C(F)(F)F)ccc(N4CCN(C(=O)Cn5nc(C)nc5C)C(C)C4)c3C2)cn1. The van der Waals surface area contributed by atoms with Crippen LogP contribution in [0.15, 0.2) is 24.5 Å². The molecule has 0 radical (unpaired) electrons. The fourth-order valence-corrected chi connectivity index (χ4v) is 5.59. The first-order valence-corrected chi connectivity index (χ1v) is 13.4. The molecule has 2 aliphatic rings. The highest BCUT2D eigenvalue weighted by Gasteiger charge is 2.38. The first kappa shape index (κ1) is 27.7. The van der Waals surface area contributed by atoms with Gasteiger partial charge in [0.15, 0.2) is 0 Å². The minimum absolute atomic E-state index is 0.0590. The van der Waals surface area contributed by atoms with Crippen molar-refractivity contribution in [3.63, 3.8) is 0 Å². The number of anilines is 2. The molecule has 0 saturated carbocycles. The minimum atomic E-state index is -4.44. The van der Waals surface area contributed by atoms with Crippen LogP contribution in [0.3, 0.4) is 0 Å². The second-order valence-electron chi connectivity index (χ2n) is 10.2. The molecule has 40 heavy (non-hydrogen) atoms. The molecule has 214 valence electrons. The molecule has 10 nitrogen and oxygen atoms in total. The van der Waals surface area contributed by atoms with E-state index in [9.17, 15) is 18.0 Å². The van der Waals surface area contributed by atoms with Gasteiger partial charge >= 0.3 is 12.2 Å². The second kappa shape index (κ2) is 10.9. The third kappa shape index (κ3) is 5.54. The fraction of sp³-hybridized carbons (Fsp3) is 0.519. The Hall–Kier alpha value is -3.90. The van der Waals surface area contributed by atoms with Gasteiger partial charge in [-0.3, -0.25) is 4.79 Å². The number of hydrogen-bond donors (Lipinski definition) is 0. The number of halogens is 3. The third-order valence-electron chi connectivity index (χ3n) is 7.48. The van der Waals surface area contributed by atoms with Crippen molar-refractivity contribution < 1.29 is 22.7 Å². The van der Waals surface area contributed by atoms with Crippen LogP contribution in [-0.2, 0) is 30.5 Å². The minimum Gasteiger partial charge on any atom is -0.464 e. The predicted octanol–water partition coefficient (Wildman–Crippen LogP) is 3.40. The third-order valence-corrected chi connectivity index (χ3v) is 7.48. The summed E-state index contributed by atoms with van der Waals surface area (Å²) in [6, 6.07) is 2.90. The molecule has 4 heterocycles. The Morgan fingerprint density at radius 1 is 1.07 bits per heavy atom. The van der Waals surface area contributed by atoms with Crippen molar-refractivity contribution in [3.05, 3.63) is 52.9 Å². The van der Waals surface area contributed by atoms with Gasteiger partial charge < -0.3 is 19.4 Å². The molecule has 1 unspecified atom stereocenters. The molecule has 1 atom stereocenters. The average Bonchev–Trinajstić information content (AvgIpc) is 3.23. The van der Waals surface area contributed by atoms with E-state index < -0.39 is 11.7 Å². The van der Waals surface area contributed by atoms with Crippen LogP contribution in [0, 0.1) is 13.8 Å². The van der Waals surface area contributed by atoms with E-state index in [1.54, 1.807) is 30.1 Å². The molecular formula is C27H33F3N8O2. The van der Waals surface area contributed by atoms with Gasteiger partial charge in [-0.2, -0.15) is 18.3 Å². The quantitative estimate of drug-likeness (QED) is 0.455. The summed E-state index contributed by atoms with van der Waals surface area (Å²) in [6.45, 7) is 10.1. The van der Waals surface area contributed by atoms with E-state index in [1.807, 2.05) is 30.6 Å². The van der Waals surface area contributed by atoms with Crippen LogP contribution in [0.1, 0.15) is 42.2 Å². The summed E-state index contributed by atoms with van der Waals surface area (Å²) in [5.74, 6) is 1.23. The summed E-state index contributed by atoms with van der Waals surface area (Å²) < 4.78 is 48.9. The summed E-state index contributed by atoms with van der Waals surface area (Å²) in [4.78, 5) is 31.7. The van der Waals surface area contributed by atoms with Crippen LogP contribution in [0.5, 0.6) is 6.01 Å². The highest BCUT2D eigenvalue weighted by molar-refractivity contribution is 5.77. The lowest BCUT2D eigenvalue weighted by molar-refractivity contribution is -0.138. The molecule has 0 N–H and O–H groups in total. The summed E-state index contributed by atoms with van der Waals surface area (Å²) in [6.07, 6.45) is -0.915. The molecule has 0 aliphatic carbocycles. The number of aromatic nitrogens is 5. The molecule has 2 aliphatic heterocycles. The number of fused-ring (bicyclic) bond motifs is 1. The van der Waals surface area contributed by atoms with Crippen molar-refractivity contribution in [1.82, 2.24) is 29.6 Å². The standard InChI is InChI=1S/C27H33F3N8O2/c1-5-40-26-31-12-20(13-32-26)35-9-8-21-22(15-35)24(7-6-23(21)27(28,29)30)36-10-11-37(17(2)14-36)25(39)16-38-19(4)33-18(3)34-38/h6-7,12-13,17H,5,8-11,14-16H2,1-4H3. The summed E-state index contributed by atoms with van der Waals surface area (Å²) >= 11 is 0. The summed E-state index contributed by atoms with van der Waals surface area (Å²) in [7, 11) is 0. The number of aryl methyl sites for hydroxylation is 2. The number of nitrogens with zero attached hydrogens (tertiary/aromatic N) is 8. The first-order chi connectivity index (χ1) is 19.0. The van der Waals surface area contributed by atoms with Crippen molar-refractivity contribution in [1.29, 1.82) is 0 Å². The molecule has 1 saturated heterocycles. The zero-order chi connectivity index (χ0) is 28.6. The second-order valence-corrected chi connectivity index (χ2v) is 10.2. The maximum absolute atomic E-state index is 14.0. The van der Waals surface area contributed by atoms with E-state index in [0.717, 1.165) is 11.4 Å². The van der Waals surface area contributed by atoms with Gasteiger partial charge in [-0.1, -0.05) is 0 Å². The molecule has 5 rings (SSSR count). The molecular weight excluding hydrogens is 525 g/mol. The van der Waals surface area contributed by atoms with Gasteiger partial charge in [-0.25, -0.2) is 19.6 Å². The van der Waals surface area contributed by atoms with Crippen LogP contribution in [0.25, 0.3) is 0 Å². The topological polar surface area (TPSA) is 92.5 Å². The zero-order valence-corrected chi connectivity index (χ0v) is 23.1. The molecule has 1 aromatic carbocycles. The Labute approximate surface area is 230 Å². The van der Waals surface area contributed by atoms with Crippen LogP contribution in [0.4, 0.5) is 24.5 Å². The Bertz CT molecular complexity index is 1380. The lowest BCUT2D eigenvalue weighted by Crippen LogP contribution is -2.55. The molecule has 1 amide bonds. The van der Waals surface area contributed by atoms with E-state index >= 15 is 0 Å². The molecule has 0 spiro atoms. The zero-order valence-electron chi connectivity index (χ0n) is 23.1. The van der Waals surface area contributed by atoms with Gasteiger partial charge in [0.2, 0.25) is 5.91 Å². The van der Waals surface area contributed by atoms with Gasteiger partial charge in [-0.15, -0.1) is 0 Å². The van der Waals surface area contributed by atoms with Crippen molar-refractivity contribution in [2.45, 2.75) is 59.4 Å². The van der Waals surface area contributed by atoms with Crippen LogP contribution < -0.4 is 14.5 Å². The highest BCUT2D eigenvalue weighted by Crippen LogP contribution is 2.40. The Morgan fingerprint density at radius 2 is 1.82 bits per heavy atom. The van der Waals surface area contributed by atoms with E-state index in [-0.39, 0.29) is 30.9 Å². The normalized spacial score (nSPS) is 17.7. The number of piperazine rings is 1. The van der Waals surface area contributed by atoms with Crippen molar-refractivity contribution >= 4 is 17.3 Å². The Morgan fingerprint density at radius 3 is 2.45 bits per heavy atom. The van der Waals surface area contributed by atoms with Crippen molar-refractivity contribution in [2.24, 2.45) is 0 Å².